The van der Waals surface area contributed by atoms with Gasteiger partial charge >= 0.3 is 0 Å². The molecule has 0 fully saturated rings. The Balaban J connectivity index is 3.97. The van der Waals surface area contributed by atoms with E-state index in [9.17, 15) is 4.79 Å². The van der Waals surface area contributed by atoms with Gasteiger partial charge in [0.1, 0.15) is 0 Å². The smallest absolute Gasteiger partial charge is 0.243 e. The second kappa shape index (κ2) is 5.75. The van der Waals surface area contributed by atoms with Gasteiger partial charge in [-0.15, -0.1) is 0 Å². The van der Waals surface area contributed by atoms with Crippen LogP contribution in [0.3, 0.4) is 0 Å². The van der Waals surface area contributed by atoms with Gasteiger partial charge in [0.05, 0.1) is 0 Å². The minimum atomic E-state index is -0.104. The number of nitrogens with one attached hydrogen (secondary N) is 1. The van der Waals surface area contributed by atoms with Crippen LogP contribution < -0.4 is 5.32 Å². The fourth-order valence-electron chi connectivity index (χ4n) is 1.29. The lowest BCUT2D eigenvalue weighted by Crippen LogP contribution is -2.42. The van der Waals surface area contributed by atoms with Gasteiger partial charge in [-0.3, -0.25) is 4.79 Å². The van der Waals surface area contributed by atoms with E-state index >= 15 is 0 Å². The van der Waals surface area contributed by atoms with Crippen molar-refractivity contribution in [3.8, 4) is 0 Å². The summed E-state index contributed by atoms with van der Waals surface area (Å²) in [6, 6.07) is 0.379. The van der Waals surface area contributed by atoms with Crippen molar-refractivity contribution in [1.82, 2.24) is 10.2 Å². The van der Waals surface area contributed by atoms with Crippen molar-refractivity contribution in [3.05, 3.63) is 12.7 Å². The maximum absolute atomic E-state index is 10.9. The molecule has 1 N–H and O–H groups in total. The summed E-state index contributed by atoms with van der Waals surface area (Å²) in [4.78, 5) is 13.0. The molecular weight excluding hydrogens is 164 g/mol. The molecule has 76 valence electrons. The summed E-state index contributed by atoms with van der Waals surface area (Å²) >= 11 is 0. The molecule has 1 unspecified atom stereocenters. The lowest BCUT2D eigenvalue weighted by Gasteiger charge is -2.27. The normalized spacial score (nSPS) is 13.1. The van der Waals surface area contributed by atoms with Crippen molar-refractivity contribution in [2.75, 3.05) is 20.6 Å². The van der Waals surface area contributed by atoms with E-state index in [2.05, 4.69) is 30.6 Å². The highest BCUT2D eigenvalue weighted by atomic mass is 16.1. The third-order valence-corrected chi connectivity index (χ3v) is 2.10. The Bertz CT molecular complexity index is 168. The van der Waals surface area contributed by atoms with E-state index in [0.29, 0.717) is 18.5 Å². The van der Waals surface area contributed by atoms with E-state index in [-0.39, 0.29) is 5.91 Å². The fraction of sp³-hybridized carbons (Fsp3) is 0.700. The molecule has 0 aliphatic carbocycles. The van der Waals surface area contributed by atoms with Crippen LogP contribution in [0, 0.1) is 5.92 Å². The summed E-state index contributed by atoms with van der Waals surface area (Å²) in [6.07, 6.45) is 1.30. The average molecular weight is 184 g/mol. The number of amides is 1. The van der Waals surface area contributed by atoms with Gasteiger partial charge in [0.2, 0.25) is 5.91 Å². The zero-order valence-corrected chi connectivity index (χ0v) is 9.00. The second-order valence-electron chi connectivity index (χ2n) is 3.72. The minimum Gasteiger partial charge on any atom is -0.351 e. The summed E-state index contributed by atoms with van der Waals surface area (Å²) in [7, 11) is 4.04. The van der Waals surface area contributed by atoms with Gasteiger partial charge in [-0.25, -0.2) is 0 Å². The molecule has 3 nitrogen and oxygen atoms in total. The first-order valence-corrected chi connectivity index (χ1v) is 4.55. The molecule has 0 rings (SSSR count). The second-order valence-corrected chi connectivity index (χ2v) is 3.72. The van der Waals surface area contributed by atoms with Crippen molar-refractivity contribution in [1.29, 1.82) is 0 Å². The molecule has 0 aliphatic heterocycles. The van der Waals surface area contributed by atoms with Crippen LogP contribution in [-0.2, 0) is 4.79 Å². The lowest BCUT2D eigenvalue weighted by molar-refractivity contribution is -0.116. The Labute approximate surface area is 80.8 Å². The molecule has 0 saturated carbocycles. The van der Waals surface area contributed by atoms with E-state index in [1.165, 1.54) is 6.08 Å². The van der Waals surface area contributed by atoms with E-state index < -0.39 is 0 Å². The zero-order chi connectivity index (χ0) is 10.4. The maximum atomic E-state index is 10.9. The van der Waals surface area contributed by atoms with Gasteiger partial charge in [-0.05, 0) is 26.1 Å². The molecule has 0 bridgehead atoms. The van der Waals surface area contributed by atoms with Crippen molar-refractivity contribution in [3.63, 3.8) is 0 Å². The molecule has 0 heterocycles. The Kier molecular flexibility index (Phi) is 5.39. The number of likely N-dealkylation sites (N-methyl/N-ethyl adjacent to an activating group) is 1. The van der Waals surface area contributed by atoms with Gasteiger partial charge in [-0.2, -0.15) is 0 Å². The first-order chi connectivity index (χ1) is 5.99. The Morgan fingerprint density at radius 1 is 1.54 bits per heavy atom. The van der Waals surface area contributed by atoms with Gasteiger partial charge in [0.15, 0.2) is 0 Å². The monoisotopic (exact) mass is 184 g/mol. The predicted octanol–water partition coefficient (Wildman–Crippen LogP) is 0.875. The number of carbonyl (C=O) groups is 1. The molecule has 0 aromatic carbocycles. The number of hydrogen-bond donors (Lipinski definition) is 1. The summed E-state index contributed by atoms with van der Waals surface area (Å²) in [5.74, 6) is 0.424. The largest absolute Gasteiger partial charge is 0.351 e. The Hall–Kier alpha value is -0.830. The molecule has 3 heteroatoms. The molecular formula is C10H20N2O. The predicted molar refractivity (Wildman–Crippen MR) is 55.5 cm³/mol. The summed E-state index contributed by atoms with van der Waals surface area (Å²) < 4.78 is 0. The van der Waals surface area contributed by atoms with Crippen molar-refractivity contribution < 1.29 is 4.79 Å². The summed E-state index contributed by atoms with van der Waals surface area (Å²) in [5.41, 5.74) is 0. The first-order valence-electron chi connectivity index (χ1n) is 4.55. The maximum Gasteiger partial charge on any atom is 0.243 e. The van der Waals surface area contributed by atoms with Crippen molar-refractivity contribution >= 4 is 5.91 Å². The van der Waals surface area contributed by atoms with Gasteiger partial charge < -0.3 is 10.2 Å². The fourth-order valence-corrected chi connectivity index (χ4v) is 1.29. The zero-order valence-electron chi connectivity index (χ0n) is 9.00. The molecule has 0 aromatic rings. The van der Waals surface area contributed by atoms with Crippen LogP contribution in [0.5, 0.6) is 0 Å². The first kappa shape index (κ1) is 12.2. The van der Waals surface area contributed by atoms with Crippen molar-refractivity contribution in [2.45, 2.75) is 19.9 Å². The molecule has 1 atom stereocenters. The van der Waals surface area contributed by atoms with Gasteiger partial charge in [0.25, 0.3) is 0 Å². The highest BCUT2D eigenvalue weighted by Crippen LogP contribution is 2.05. The van der Waals surface area contributed by atoms with E-state index in [0.717, 1.165) is 0 Å². The number of nitrogens with zero attached hydrogens (tertiary/aromatic N) is 1. The molecule has 1 amide bonds. The molecule has 0 spiro atoms. The van der Waals surface area contributed by atoms with Crippen molar-refractivity contribution in [2.24, 2.45) is 5.92 Å². The van der Waals surface area contributed by atoms with Gasteiger partial charge in [0, 0.05) is 12.6 Å². The van der Waals surface area contributed by atoms with Gasteiger partial charge in [-0.1, -0.05) is 20.4 Å². The summed E-state index contributed by atoms with van der Waals surface area (Å²) in [5, 5.41) is 2.80. The Morgan fingerprint density at radius 2 is 2.08 bits per heavy atom. The van der Waals surface area contributed by atoms with Crippen LogP contribution >= 0.6 is 0 Å². The molecule has 0 saturated heterocycles. The van der Waals surface area contributed by atoms with Crippen LogP contribution in [0.2, 0.25) is 0 Å². The SMILES string of the molecule is C=CC(=O)NCC(C(C)C)N(C)C. The Morgan fingerprint density at radius 3 is 2.38 bits per heavy atom. The number of hydrogen-bond acceptors (Lipinski definition) is 2. The molecule has 0 aromatic heterocycles. The minimum absolute atomic E-state index is 0.104. The van der Waals surface area contributed by atoms with Crippen LogP contribution in [0.4, 0.5) is 0 Å². The highest BCUT2D eigenvalue weighted by Gasteiger charge is 2.15. The van der Waals surface area contributed by atoms with Crippen LogP contribution in [0.15, 0.2) is 12.7 Å². The lowest BCUT2D eigenvalue weighted by atomic mass is 10.0. The average Bonchev–Trinajstić information content (AvgIpc) is 2.03. The van der Waals surface area contributed by atoms with E-state index in [1.54, 1.807) is 0 Å². The number of carbonyl (C=O) groups excluding carboxylic acids is 1. The third kappa shape index (κ3) is 4.68. The van der Waals surface area contributed by atoms with Crippen LogP contribution in [-0.4, -0.2) is 37.5 Å². The third-order valence-electron chi connectivity index (χ3n) is 2.10. The quantitative estimate of drug-likeness (QED) is 0.643. The van der Waals surface area contributed by atoms with E-state index in [4.69, 9.17) is 0 Å². The highest BCUT2D eigenvalue weighted by molar-refractivity contribution is 5.86. The van der Waals surface area contributed by atoms with Crippen LogP contribution in [0.1, 0.15) is 13.8 Å². The molecule has 0 radical (unpaired) electrons. The summed E-state index contributed by atoms with van der Waals surface area (Å²) in [6.45, 7) is 8.37. The van der Waals surface area contributed by atoms with Crippen LogP contribution in [0.25, 0.3) is 0 Å². The number of rotatable bonds is 5. The van der Waals surface area contributed by atoms with E-state index in [1.807, 2.05) is 14.1 Å². The molecule has 13 heavy (non-hydrogen) atoms. The topological polar surface area (TPSA) is 32.3 Å². The standard InChI is InChI=1S/C10H20N2O/c1-6-10(13)11-7-9(8(2)3)12(4)5/h6,8-9H,1,7H2,2-5H3,(H,11,13). The molecule has 0 aliphatic rings.